The third kappa shape index (κ3) is 8.65. The molecule has 0 amide bonds. The van der Waals surface area contributed by atoms with Gasteiger partial charge in [0.2, 0.25) is 0 Å². The number of para-hydroxylation sites is 6. The SMILES string of the molecule is CC(C)(C)c1ccccc1N(c1ccc2c(-c3ccccc3)c3c(c(-c4ccccc4)c2c1)-c1c-3c(-c2ccccc2)c2ccc(N(c3ccccc3C(C)(C)C)c3cccc4c3oc3ccccc34)cc2c1-c1ccccc1)c1cccc2c1oc1ccccc12. The van der Waals surface area contributed by atoms with Crippen LogP contribution in [0.1, 0.15) is 52.7 Å². The summed E-state index contributed by atoms with van der Waals surface area (Å²) in [5.74, 6) is 0. The molecule has 1 aliphatic rings. The molecule has 0 spiro atoms. The van der Waals surface area contributed by atoms with Crippen LogP contribution in [0, 0.1) is 0 Å². The molecule has 17 rings (SSSR count). The average molecular weight is 1180 g/mol. The monoisotopic (exact) mass is 1180 g/mol. The zero-order chi connectivity index (χ0) is 62.0. The zero-order valence-corrected chi connectivity index (χ0v) is 52.4. The Morgan fingerprint density at radius 1 is 0.228 bits per heavy atom. The molecule has 0 aliphatic heterocycles. The molecule has 0 unspecified atom stereocenters. The highest BCUT2D eigenvalue weighted by Crippen LogP contribution is 2.66. The van der Waals surface area contributed by atoms with Crippen molar-refractivity contribution in [2.24, 2.45) is 0 Å². The van der Waals surface area contributed by atoms with Crippen molar-refractivity contribution in [2.45, 2.75) is 52.4 Å². The largest absolute Gasteiger partial charge is 0.454 e. The van der Waals surface area contributed by atoms with Crippen LogP contribution in [0.4, 0.5) is 34.1 Å². The first-order valence-corrected chi connectivity index (χ1v) is 32.1. The van der Waals surface area contributed by atoms with E-state index in [1.54, 1.807) is 0 Å². The van der Waals surface area contributed by atoms with Crippen LogP contribution in [0.15, 0.2) is 300 Å². The van der Waals surface area contributed by atoms with E-state index in [4.69, 9.17) is 8.83 Å². The lowest BCUT2D eigenvalue weighted by Crippen LogP contribution is -2.19. The minimum atomic E-state index is -0.198. The van der Waals surface area contributed by atoms with Gasteiger partial charge in [-0.1, -0.05) is 272 Å². The smallest absolute Gasteiger partial charge is 0.159 e. The summed E-state index contributed by atoms with van der Waals surface area (Å²) in [5.41, 5.74) is 26.1. The number of rotatable bonds is 10. The first-order chi connectivity index (χ1) is 45.0. The molecule has 440 valence electrons. The van der Waals surface area contributed by atoms with Gasteiger partial charge < -0.3 is 18.6 Å². The summed E-state index contributed by atoms with van der Waals surface area (Å²) >= 11 is 0. The number of benzene rings is 14. The van der Waals surface area contributed by atoms with Gasteiger partial charge in [-0.2, -0.15) is 0 Å². The highest BCUT2D eigenvalue weighted by atomic mass is 16.3. The van der Waals surface area contributed by atoms with E-state index in [2.05, 4.69) is 343 Å². The predicted octanol–water partition coefficient (Wildman–Crippen LogP) is 25.6. The molecular formula is C88H66N2O2. The van der Waals surface area contributed by atoms with Gasteiger partial charge in [0, 0.05) is 44.3 Å². The zero-order valence-electron chi connectivity index (χ0n) is 52.4. The molecule has 0 bridgehead atoms. The van der Waals surface area contributed by atoms with Gasteiger partial charge in [-0.15, -0.1) is 0 Å². The first kappa shape index (κ1) is 54.9. The highest BCUT2D eigenvalue weighted by Gasteiger charge is 2.40. The fourth-order valence-electron chi connectivity index (χ4n) is 15.0. The summed E-state index contributed by atoms with van der Waals surface area (Å²) in [4.78, 5) is 4.92. The molecule has 0 saturated heterocycles. The van der Waals surface area contributed by atoms with Crippen molar-refractivity contribution < 1.29 is 8.83 Å². The fraction of sp³-hybridized carbons (Fsp3) is 0.0909. The molecule has 0 atom stereocenters. The number of fused-ring (bicyclic) bond motifs is 12. The Labute approximate surface area is 536 Å². The lowest BCUT2D eigenvalue weighted by Gasteiger charge is -2.38. The van der Waals surface area contributed by atoms with Crippen LogP contribution < -0.4 is 9.80 Å². The van der Waals surface area contributed by atoms with Crippen molar-refractivity contribution in [3.05, 3.63) is 302 Å². The molecule has 2 aromatic heterocycles. The van der Waals surface area contributed by atoms with E-state index in [1.807, 2.05) is 0 Å². The van der Waals surface area contributed by atoms with Crippen LogP contribution in [-0.4, -0.2) is 0 Å². The van der Waals surface area contributed by atoms with Gasteiger partial charge >= 0.3 is 0 Å². The van der Waals surface area contributed by atoms with E-state index in [0.717, 1.165) is 111 Å². The van der Waals surface area contributed by atoms with Crippen LogP contribution >= 0.6 is 0 Å². The molecule has 2 heterocycles. The normalized spacial score (nSPS) is 12.2. The summed E-state index contributed by atoms with van der Waals surface area (Å²) in [5, 5.41) is 9.03. The summed E-state index contributed by atoms with van der Waals surface area (Å²) in [7, 11) is 0. The van der Waals surface area contributed by atoms with Crippen molar-refractivity contribution in [1.82, 2.24) is 0 Å². The third-order valence-corrected chi connectivity index (χ3v) is 19.0. The van der Waals surface area contributed by atoms with E-state index in [1.165, 1.54) is 66.4 Å². The molecule has 0 N–H and O–H groups in total. The minimum absolute atomic E-state index is 0.198. The number of hydrogen-bond acceptors (Lipinski definition) is 4. The maximum atomic E-state index is 6.99. The maximum absolute atomic E-state index is 6.99. The standard InChI is InChI=1S/C88H66N2O2/c1-87(2,3)69-41-21-23-43-71(69)89(73-45-27-39-65-61-37-19-25-47-75(61)91-85(65)73)59-49-51-63-67(53-59)79(57-33-15-9-16-34-57)83-81(77(63)55-29-11-7-12-30-55)82-78(56-31-13-8-14-32-56)64-52-50-60(54-68(64)80(84(82)83)58-35-17-10-18-36-58)90(72-44-24-22-42-70(72)88(4,5)6)74-46-28-40-66-62-38-20-26-48-76(62)92-86(66)74/h7-54H,1-6H3. The number of nitrogens with zero attached hydrogens (tertiary/aromatic N) is 2. The second-order valence-corrected chi connectivity index (χ2v) is 26.6. The number of hydrogen-bond donors (Lipinski definition) is 0. The van der Waals surface area contributed by atoms with Crippen LogP contribution in [0.5, 0.6) is 0 Å². The Bertz CT molecular complexity index is 5240. The summed E-state index contributed by atoms with van der Waals surface area (Å²) in [6.45, 7) is 13.9. The highest BCUT2D eigenvalue weighted by molar-refractivity contribution is 6.33. The van der Waals surface area contributed by atoms with E-state index < -0.39 is 0 Å². The molecule has 4 heteroatoms. The fourth-order valence-corrected chi connectivity index (χ4v) is 15.0. The number of furan rings is 2. The third-order valence-electron chi connectivity index (χ3n) is 19.0. The second kappa shape index (κ2) is 21.2. The maximum Gasteiger partial charge on any atom is 0.159 e. The van der Waals surface area contributed by atoms with Crippen molar-refractivity contribution >= 4 is 99.5 Å². The van der Waals surface area contributed by atoms with Crippen molar-refractivity contribution in [2.75, 3.05) is 9.80 Å². The van der Waals surface area contributed by atoms with Crippen molar-refractivity contribution in [1.29, 1.82) is 0 Å². The van der Waals surface area contributed by atoms with Gasteiger partial charge in [0.15, 0.2) is 11.2 Å². The van der Waals surface area contributed by atoms with Gasteiger partial charge in [-0.05, 0) is 171 Å². The second-order valence-electron chi connectivity index (χ2n) is 26.6. The van der Waals surface area contributed by atoms with E-state index in [9.17, 15) is 0 Å². The minimum Gasteiger partial charge on any atom is -0.454 e. The summed E-state index contributed by atoms with van der Waals surface area (Å²) in [6.07, 6.45) is 0. The molecule has 4 nitrogen and oxygen atoms in total. The quantitative estimate of drug-likeness (QED) is 0.137. The molecule has 0 saturated carbocycles. The molecule has 0 radical (unpaired) electrons. The molecule has 16 aromatic rings. The average Bonchev–Trinajstić information content (AvgIpc) is 0.807. The summed E-state index contributed by atoms with van der Waals surface area (Å²) < 4.78 is 14.0. The Hall–Kier alpha value is -11.2. The van der Waals surface area contributed by atoms with Crippen LogP contribution in [0.2, 0.25) is 0 Å². The Morgan fingerprint density at radius 2 is 0.522 bits per heavy atom. The van der Waals surface area contributed by atoms with E-state index in [-0.39, 0.29) is 10.8 Å². The van der Waals surface area contributed by atoms with Crippen LogP contribution in [0.3, 0.4) is 0 Å². The van der Waals surface area contributed by atoms with Crippen molar-refractivity contribution in [3.63, 3.8) is 0 Å². The topological polar surface area (TPSA) is 32.8 Å². The van der Waals surface area contributed by atoms with Crippen LogP contribution in [-0.2, 0) is 10.8 Å². The van der Waals surface area contributed by atoms with Crippen molar-refractivity contribution in [3.8, 4) is 66.8 Å². The van der Waals surface area contributed by atoms with Gasteiger partial charge in [-0.3, -0.25) is 0 Å². The van der Waals surface area contributed by atoms with E-state index >= 15 is 0 Å². The Balaban J connectivity index is 1.02. The van der Waals surface area contributed by atoms with Gasteiger partial charge in [0.05, 0.1) is 11.4 Å². The Kier molecular flexibility index (Phi) is 12.7. The molecule has 92 heavy (non-hydrogen) atoms. The lowest BCUT2D eigenvalue weighted by molar-refractivity contribution is 0.590. The van der Waals surface area contributed by atoms with Gasteiger partial charge in [-0.25, -0.2) is 0 Å². The molecule has 14 aromatic carbocycles. The predicted molar refractivity (Wildman–Crippen MR) is 389 cm³/mol. The molecular weight excluding hydrogens is 1120 g/mol. The lowest BCUT2D eigenvalue weighted by atomic mass is 9.65. The van der Waals surface area contributed by atoms with Gasteiger partial charge in [0.1, 0.15) is 11.2 Å². The number of anilines is 6. The van der Waals surface area contributed by atoms with Gasteiger partial charge in [0.25, 0.3) is 0 Å². The van der Waals surface area contributed by atoms with Crippen LogP contribution in [0.25, 0.3) is 132 Å². The molecule has 1 aliphatic carbocycles. The Morgan fingerprint density at radius 3 is 0.880 bits per heavy atom. The summed E-state index contributed by atoms with van der Waals surface area (Å²) in [6, 6.07) is 107. The van der Waals surface area contributed by atoms with E-state index in [0.29, 0.717) is 0 Å². The molecule has 0 fully saturated rings. The first-order valence-electron chi connectivity index (χ1n) is 32.1.